The van der Waals surface area contributed by atoms with E-state index in [0.717, 1.165) is 28.4 Å². The van der Waals surface area contributed by atoms with Gasteiger partial charge in [-0.05, 0) is 30.9 Å². The van der Waals surface area contributed by atoms with Gasteiger partial charge in [0.25, 0.3) is 0 Å². The summed E-state index contributed by atoms with van der Waals surface area (Å²) in [5.74, 6) is 1.53. The third-order valence-electron chi connectivity index (χ3n) is 4.21. The summed E-state index contributed by atoms with van der Waals surface area (Å²) in [4.78, 5) is 0.922. The molecule has 1 aliphatic carbocycles. The van der Waals surface area contributed by atoms with E-state index in [1.54, 1.807) is 0 Å². The van der Waals surface area contributed by atoms with Gasteiger partial charge in [-0.15, -0.1) is 0 Å². The number of hydrogen-bond acceptors (Lipinski definition) is 4. The Kier molecular flexibility index (Phi) is 3.00. The standard InChI is InChI=1S/C15H19NO3S/c1-9-6-12(16-10-2-3-10)11-7-13-14(19-5-4-18-13)8-15(11)20(9)17/h7-10,12,16H,2-6H2,1H3. The lowest BCUT2D eigenvalue weighted by molar-refractivity contribution is 0.170. The molecule has 2 aliphatic heterocycles. The van der Waals surface area contributed by atoms with Crippen LogP contribution in [0.1, 0.15) is 37.8 Å². The van der Waals surface area contributed by atoms with E-state index >= 15 is 0 Å². The van der Waals surface area contributed by atoms with Crippen molar-refractivity contribution >= 4 is 10.8 Å². The molecule has 1 fully saturated rings. The van der Waals surface area contributed by atoms with Gasteiger partial charge in [0.05, 0.1) is 10.8 Å². The van der Waals surface area contributed by atoms with Crippen LogP contribution in [-0.2, 0) is 10.8 Å². The van der Waals surface area contributed by atoms with Crippen molar-refractivity contribution in [2.75, 3.05) is 13.2 Å². The summed E-state index contributed by atoms with van der Waals surface area (Å²) in [7, 11) is -0.949. The van der Waals surface area contributed by atoms with E-state index in [1.165, 1.54) is 12.8 Å². The molecule has 0 saturated heterocycles. The lowest BCUT2D eigenvalue weighted by atomic mass is 10.00. The van der Waals surface area contributed by atoms with Crippen LogP contribution in [-0.4, -0.2) is 28.7 Å². The van der Waals surface area contributed by atoms with Crippen molar-refractivity contribution in [2.24, 2.45) is 0 Å². The highest BCUT2D eigenvalue weighted by atomic mass is 32.2. The largest absolute Gasteiger partial charge is 0.486 e. The minimum Gasteiger partial charge on any atom is -0.486 e. The van der Waals surface area contributed by atoms with E-state index in [1.807, 2.05) is 12.1 Å². The Hall–Kier alpha value is -1.07. The van der Waals surface area contributed by atoms with Gasteiger partial charge in [-0.2, -0.15) is 0 Å². The fourth-order valence-corrected chi connectivity index (χ4v) is 4.45. The summed E-state index contributed by atoms with van der Waals surface area (Å²) in [5, 5.41) is 3.86. The van der Waals surface area contributed by atoms with Crippen LogP contribution in [0.4, 0.5) is 0 Å². The number of hydrogen-bond donors (Lipinski definition) is 1. The maximum absolute atomic E-state index is 12.5. The minimum atomic E-state index is -0.949. The third kappa shape index (κ3) is 2.13. The SMILES string of the molecule is CC1CC(NC2CC2)c2cc3c(cc2S1=O)OCCO3. The van der Waals surface area contributed by atoms with Crippen molar-refractivity contribution in [3.63, 3.8) is 0 Å². The van der Waals surface area contributed by atoms with Crippen molar-refractivity contribution in [3.05, 3.63) is 17.7 Å². The predicted octanol–water partition coefficient (Wildman–Crippen LogP) is 2.15. The molecule has 3 aliphatic rings. The first kappa shape index (κ1) is 12.7. The van der Waals surface area contributed by atoms with Gasteiger partial charge >= 0.3 is 0 Å². The monoisotopic (exact) mass is 293 g/mol. The zero-order valence-electron chi connectivity index (χ0n) is 11.6. The molecular weight excluding hydrogens is 274 g/mol. The van der Waals surface area contributed by atoms with Crippen LogP contribution in [0, 0.1) is 0 Å². The Morgan fingerprint density at radius 2 is 1.90 bits per heavy atom. The molecule has 3 unspecified atom stereocenters. The van der Waals surface area contributed by atoms with Gasteiger partial charge < -0.3 is 14.8 Å². The predicted molar refractivity (Wildman–Crippen MR) is 76.8 cm³/mol. The van der Waals surface area contributed by atoms with E-state index in [4.69, 9.17) is 9.47 Å². The summed E-state index contributed by atoms with van der Waals surface area (Å²) in [5.41, 5.74) is 1.14. The van der Waals surface area contributed by atoms with Crippen molar-refractivity contribution in [3.8, 4) is 11.5 Å². The molecule has 0 bridgehead atoms. The normalized spacial score (nSPS) is 31.8. The fraction of sp³-hybridized carbons (Fsp3) is 0.600. The Labute approximate surface area is 121 Å². The van der Waals surface area contributed by atoms with E-state index in [2.05, 4.69) is 12.2 Å². The Bertz CT molecular complexity index is 570. The fourth-order valence-electron chi connectivity index (χ4n) is 2.99. The van der Waals surface area contributed by atoms with Crippen molar-refractivity contribution in [1.29, 1.82) is 0 Å². The molecule has 4 rings (SSSR count). The molecule has 20 heavy (non-hydrogen) atoms. The number of nitrogens with one attached hydrogen (secondary N) is 1. The van der Waals surface area contributed by atoms with Gasteiger partial charge in [-0.3, -0.25) is 4.21 Å². The van der Waals surface area contributed by atoms with Gasteiger partial charge in [-0.1, -0.05) is 6.92 Å². The first-order valence-electron chi connectivity index (χ1n) is 7.32. The average Bonchev–Trinajstić information content (AvgIpc) is 3.27. The highest BCUT2D eigenvalue weighted by molar-refractivity contribution is 7.85. The van der Waals surface area contributed by atoms with Crippen LogP contribution < -0.4 is 14.8 Å². The molecule has 5 heteroatoms. The third-order valence-corrected chi connectivity index (χ3v) is 5.92. The Balaban J connectivity index is 1.77. The Morgan fingerprint density at radius 3 is 2.60 bits per heavy atom. The molecule has 1 N–H and O–H groups in total. The highest BCUT2D eigenvalue weighted by Crippen LogP contribution is 2.42. The second-order valence-electron chi connectivity index (χ2n) is 5.87. The van der Waals surface area contributed by atoms with Crippen molar-refractivity contribution in [2.45, 2.75) is 48.4 Å². The lowest BCUT2D eigenvalue weighted by Gasteiger charge is -2.31. The molecule has 0 spiro atoms. The number of ether oxygens (including phenoxy) is 2. The zero-order valence-corrected chi connectivity index (χ0v) is 12.4. The zero-order chi connectivity index (χ0) is 13.7. The maximum Gasteiger partial charge on any atom is 0.162 e. The topological polar surface area (TPSA) is 47.6 Å². The molecule has 3 atom stereocenters. The first-order chi connectivity index (χ1) is 9.72. The van der Waals surface area contributed by atoms with Crippen molar-refractivity contribution < 1.29 is 13.7 Å². The summed E-state index contributed by atoms with van der Waals surface area (Å²) in [6, 6.07) is 4.89. The molecule has 108 valence electrons. The van der Waals surface area contributed by atoms with Gasteiger partial charge in [0, 0.05) is 28.3 Å². The first-order valence-corrected chi connectivity index (χ1v) is 8.54. The molecule has 2 heterocycles. The van der Waals surface area contributed by atoms with E-state index in [9.17, 15) is 4.21 Å². The maximum atomic E-state index is 12.5. The lowest BCUT2D eigenvalue weighted by Crippen LogP contribution is -2.33. The Morgan fingerprint density at radius 1 is 1.20 bits per heavy atom. The molecule has 1 aromatic rings. The summed E-state index contributed by atoms with van der Waals surface area (Å²) in [6.07, 6.45) is 3.44. The van der Waals surface area contributed by atoms with E-state index in [-0.39, 0.29) is 5.25 Å². The van der Waals surface area contributed by atoms with Gasteiger partial charge in [0.15, 0.2) is 11.5 Å². The second kappa shape index (κ2) is 4.74. The van der Waals surface area contributed by atoms with Crippen LogP contribution in [0.2, 0.25) is 0 Å². The van der Waals surface area contributed by atoms with Crippen LogP contribution in [0.15, 0.2) is 17.0 Å². The van der Waals surface area contributed by atoms with Crippen LogP contribution in [0.5, 0.6) is 11.5 Å². The molecular formula is C15H19NO3S. The second-order valence-corrected chi connectivity index (χ2v) is 7.71. The molecule has 1 aromatic carbocycles. The number of rotatable bonds is 2. The minimum absolute atomic E-state index is 0.182. The molecule has 0 amide bonds. The smallest absolute Gasteiger partial charge is 0.162 e. The number of benzene rings is 1. The van der Waals surface area contributed by atoms with E-state index < -0.39 is 10.8 Å². The summed E-state index contributed by atoms with van der Waals surface area (Å²) >= 11 is 0. The quantitative estimate of drug-likeness (QED) is 0.907. The van der Waals surface area contributed by atoms with Gasteiger partial charge in [-0.25, -0.2) is 0 Å². The molecule has 4 nitrogen and oxygen atoms in total. The van der Waals surface area contributed by atoms with Crippen molar-refractivity contribution in [1.82, 2.24) is 5.32 Å². The average molecular weight is 293 g/mol. The number of fused-ring (bicyclic) bond motifs is 2. The van der Waals surface area contributed by atoms with Crippen LogP contribution in [0.3, 0.4) is 0 Å². The molecule has 1 saturated carbocycles. The molecule has 0 aromatic heterocycles. The van der Waals surface area contributed by atoms with Gasteiger partial charge in [0.2, 0.25) is 0 Å². The van der Waals surface area contributed by atoms with Crippen LogP contribution >= 0.6 is 0 Å². The summed E-state index contributed by atoms with van der Waals surface area (Å²) < 4.78 is 23.8. The molecule has 0 radical (unpaired) electrons. The highest BCUT2D eigenvalue weighted by Gasteiger charge is 2.35. The van der Waals surface area contributed by atoms with Crippen LogP contribution in [0.25, 0.3) is 0 Å². The van der Waals surface area contributed by atoms with Gasteiger partial charge in [0.1, 0.15) is 13.2 Å². The summed E-state index contributed by atoms with van der Waals surface area (Å²) in [6.45, 7) is 3.22. The van der Waals surface area contributed by atoms with E-state index in [0.29, 0.717) is 25.3 Å².